The van der Waals surface area contributed by atoms with Crippen LogP contribution < -0.4 is 10.5 Å². The van der Waals surface area contributed by atoms with Crippen molar-refractivity contribution in [1.82, 2.24) is 9.78 Å². The summed E-state index contributed by atoms with van der Waals surface area (Å²) in [6.07, 6.45) is 7.20. The SMILES string of the molecule is C[C@H](N)c1ccccc1OCc1ccn(C2CCCC2)n1. The molecule has 2 aromatic rings. The van der Waals surface area contributed by atoms with Crippen molar-refractivity contribution < 1.29 is 4.74 Å². The summed E-state index contributed by atoms with van der Waals surface area (Å²) in [4.78, 5) is 0. The number of hydrogen-bond acceptors (Lipinski definition) is 3. The zero-order valence-electron chi connectivity index (χ0n) is 12.5. The van der Waals surface area contributed by atoms with Crippen molar-refractivity contribution in [3.05, 3.63) is 47.8 Å². The molecule has 0 unspecified atom stereocenters. The van der Waals surface area contributed by atoms with E-state index in [4.69, 9.17) is 10.5 Å². The summed E-state index contributed by atoms with van der Waals surface area (Å²) in [6.45, 7) is 2.46. The zero-order chi connectivity index (χ0) is 14.7. The molecule has 4 nitrogen and oxygen atoms in total. The molecular weight excluding hydrogens is 262 g/mol. The van der Waals surface area contributed by atoms with Gasteiger partial charge in [0.25, 0.3) is 0 Å². The van der Waals surface area contributed by atoms with Crippen LogP contribution in [-0.2, 0) is 6.61 Å². The van der Waals surface area contributed by atoms with E-state index in [0.29, 0.717) is 12.6 Å². The van der Waals surface area contributed by atoms with Gasteiger partial charge >= 0.3 is 0 Å². The molecule has 0 spiro atoms. The van der Waals surface area contributed by atoms with E-state index in [1.54, 1.807) is 0 Å². The molecule has 0 aliphatic heterocycles. The summed E-state index contributed by atoms with van der Waals surface area (Å²) in [5, 5.41) is 4.64. The monoisotopic (exact) mass is 285 g/mol. The van der Waals surface area contributed by atoms with Crippen LogP contribution in [-0.4, -0.2) is 9.78 Å². The lowest BCUT2D eigenvalue weighted by molar-refractivity contribution is 0.293. The Morgan fingerprint density at radius 3 is 2.81 bits per heavy atom. The van der Waals surface area contributed by atoms with Gasteiger partial charge in [-0.1, -0.05) is 31.0 Å². The lowest BCUT2D eigenvalue weighted by atomic mass is 10.1. The average molecular weight is 285 g/mol. The van der Waals surface area contributed by atoms with Crippen molar-refractivity contribution in [3.8, 4) is 5.75 Å². The second kappa shape index (κ2) is 6.31. The highest BCUT2D eigenvalue weighted by Crippen LogP contribution is 2.29. The highest BCUT2D eigenvalue weighted by Gasteiger charge is 2.17. The second-order valence-corrected chi connectivity index (χ2v) is 5.84. The van der Waals surface area contributed by atoms with Crippen LogP contribution >= 0.6 is 0 Å². The van der Waals surface area contributed by atoms with Gasteiger partial charge in [0.1, 0.15) is 12.4 Å². The summed E-state index contributed by atoms with van der Waals surface area (Å²) in [5.41, 5.74) is 7.98. The van der Waals surface area contributed by atoms with Gasteiger partial charge in [0, 0.05) is 17.8 Å². The van der Waals surface area contributed by atoms with Crippen LogP contribution in [0.25, 0.3) is 0 Å². The fourth-order valence-corrected chi connectivity index (χ4v) is 2.97. The molecule has 1 aliphatic carbocycles. The highest BCUT2D eigenvalue weighted by molar-refractivity contribution is 5.35. The summed E-state index contributed by atoms with van der Waals surface area (Å²) in [7, 11) is 0. The van der Waals surface area contributed by atoms with Crippen molar-refractivity contribution in [1.29, 1.82) is 0 Å². The third-order valence-corrected chi connectivity index (χ3v) is 4.15. The van der Waals surface area contributed by atoms with Gasteiger partial charge in [-0.25, -0.2) is 0 Å². The molecule has 1 fully saturated rings. The Morgan fingerprint density at radius 2 is 2.05 bits per heavy atom. The fraction of sp³-hybridized carbons (Fsp3) is 0.471. The van der Waals surface area contributed by atoms with Gasteiger partial charge in [-0.3, -0.25) is 4.68 Å². The molecule has 0 saturated heterocycles. The first-order chi connectivity index (χ1) is 10.2. The number of para-hydroxylation sites is 1. The van der Waals surface area contributed by atoms with Crippen LogP contribution in [0.15, 0.2) is 36.5 Å². The van der Waals surface area contributed by atoms with Gasteiger partial charge in [0.2, 0.25) is 0 Å². The molecule has 1 aromatic carbocycles. The predicted octanol–water partition coefficient (Wildman–Crippen LogP) is 3.60. The molecule has 1 atom stereocenters. The standard InChI is InChI=1S/C17H23N3O/c1-13(18)16-8-4-5-9-17(16)21-12-14-10-11-20(19-14)15-6-2-3-7-15/h4-5,8-11,13,15H,2-3,6-7,12,18H2,1H3/t13-/m0/s1. The first-order valence-electron chi connectivity index (χ1n) is 7.75. The van der Waals surface area contributed by atoms with Crippen LogP contribution in [0.3, 0.4) is 0 Å². The van der Waals surface area contributed by atoms with E-state index in [1.807, 2.05) is 37.3 Å². The molecule has 1 aliphatic rings. The Bertz CT molecular complexity index is 585. The van der Waals surface area contributed by atoms with Crippen molar-refractivity contribution in [2.75, 3.05) is 0 Å². The number of nitrogens with two attached hydrogens (primary N) is 1. The maximum absolute atomic E-state index is 5.97. The molecule has 3 rings (SSSR count). The van der Waals surface area contributed by atoms with E-state index in [9.17, 15) is 0 Å². The van der Waals surface area contributed by atoms with Crippen molar-refractivity contribution >= 4 is 0 Å². The smallest absolute Gasteiger partial charge is 0.132 e. The van der Waals surface area contributed by atoms with Gasteiger partial charge in [0.15, 0.2) is 0 Å². The summed E-state index contributed by atoms with van der Waals surface area (Å²) < 4.78 is 8.00. The molecule has 2 N–H and O–H groups in total. The van der Waals surface area contributed by atoms with Gasteiger partial charge in [0.05, 0.1) is 11.7 Å². The van der Waals surface area contributed by atoms with E-state index in [2.05, 4.69) is 16.0 Å². The topological polar surface area (TPSA) is 53.1 Å². The quantitative estimate of drug-likeness (QED) is 0.913. The van der Waals surface area contributed by atoms with Crippen LogP contribution in [0.4, 0.5) is 0 Å². The molecule has 0 amide bonds. The van der Waals surface area contributed by atoms with Crippen LogP contribution in [0.5, 0.6) is 5.75 Å². The van der Waals surface area contributed by atoms with E-state index in [0.717, 1.165) is 17.0 Å². The Kier molecular flexibility index (Phi) is 4.25. The first kappa shape index (κ1) is 14.1. The third-order valence-electron chi connectivity index (χ3n) is 4.15. The zero-order valence-corrected chi connectivity index (χ0v) is 12.5. The Hall–Kier alpha value is -1.81. The minimum absolute atomic E-state index is 0.0303. The van der Waals surface area contributed by atoms with Crippen LogP contribution in [0.1, 0.15) is 55.9 Å². The Morgan fingerprint density at radius 1 is 1.29 bits per heavy atom. The maximum Gasteiger partial charge on any atom is 0.132 e. The summed E-state index contributed by atoms with van der Waals surface area (Å²) >= 11 is 0. The van der Waals surface area contributed by atoms with Crippen LogP contribution in [0.2, 0.25) is 0 Å². The predicted molar refractivity (Wildman–Crippen MR) is 83.1 cm³/mol. The lowest BCUT2D eigenvalue weighted by Gasteiger charge is -2.13. The molecule has 1 heterocycles. The number of ether oxygens (including phenoxy) is 1. The Labute approximate surface area is 125 Å². The van der Waals surface area contributed by atoms with E-state index < -0.39 is 0 Å². The number of aromatic nitrogens is 2. The largest absolute Gasteiger partial charge is 0.487 e. The third kappa shape index (κ3) is 3.27. The lowest BCUT2D eigenvalue weighted by Crippen LogP contribution is -2.09. The van der Waals surface area contributed by atoms with Gasteiger partial charge in [-0.2, -0.15) is 5.10 Å². The summed E-state index contributed by atoms with van der Waals surface area (Å²) in [5.74, 6) is 0.850. The van der Waals surface area contributed by atoms with Crippen molar-refractivity contribution in [2.45, 2.75) is 51.3 Å². The molecular formula is C17H23N3O. The minimum atomic E-state index is -0.0303. The fourth-order valence-electron chi connectivity index (χ4n) is 2.97. The van der Waals surface area contributed by atoms with Gasteiger partial charge < -0.3 is 10.5 Å². The Balaban J connectivity index is 1.65. The van der Waals surface area contributed by atoms with E-state index >= 15 is 0 Å². The maximum atomic E-state index is 5.97. The van der Waals surface area contributed by atoms with Gasteiger partial charge in [-0.15, -0.1) is 0 Å². The molecule has 1 aromatic heterocycles. The second-order valence-electron chi connectivity index (χ2n) is 5.84. The molecule has 1 saturated carbocycles. The van der Waals surface area contributed by atoms with E-state index in [1.165, 1.54) is 25.7 Å². The molecule has 21 heavy (non-hydrogen) atoms. The number of nitrogens with zero attached hydrogens (tertiary/aromatic N) is 2. The van der Waals surface area contributed by atoms with E-state index in [-0.39, 0.29) is 6.04 Å². The highest BCUT2D eigenvalue weighted by atomic mass is 16.5. The number of rotatable bonds is 5. The number of hydrogen-bond donors (Lipinski definition) is 1. The first-order valence-corrected chi connectivity index (χ1v) is 7.75. The molecule has 112 valence electrons. The average Bonchev–Trinajstić information content (AvgIpc) is 3.16. The normalized spacial score (nSPS) is 17.0. The van der Waals surface area contributed by atoms with Crippen molar-refractivity contribution in [3.63, 3.8) is 0 Å². The molecule has 0 radical (unpaired) electrons. The number of benzene rings is 1. The van der Waals surface area contributed by atoms with Crippen molar-refractivity contribution in [2.24, 2.45) is 5.73 Å². The minimum Gasteiger partial charge on any atom is -0.487 e. The molecule has 0 bridgehead atoms. The molecule has 4 heteroatoms. The summed E-state index contributed by atoms with van der Waals surface area (Å²) in [6, 6.07) is 10.5. The van der Waals surface area contributed by atoms with Gasteiger partial charge in [-0.05, 0) is 31.9 Å². The van der Waals surface area contributed by atoms with Crippen LogP contribution in [0, 0.1) is 0 Å².